The first-order valence-electron chi connectivity index (χ1n) is 7.40. The van der Waals surface area contributed by atoms with Gasteiger partial charge in [-0.1, -0.05) is 23.2 Å². The Bertz CT molecular complexity index is 757. The number of nitrogens with zero attached hydrogens (tertiary/aromatic N) is 1. The Morgan fingerprint density at radius 1 is 1.30 bits per heavy atom. The van der Waals surface area contributed by atoms with Crippen molar-refractivity contribution in [1.29, 1.82) is 0 Å². The first kappa shape index (κ1) is 17.0. The lowest BCUT2D eigenvalue weighted by Gasteiger charge is -2.54. The van der Waals surface area contributed by atoms with Crippen LogP contribution in [0.1, 0.15) is 29.6 Å². The minimum atomic E-state index is -2.89. The predicted octanol–water partition coefficient (Wildman–Crippen LogP) is 2.53. The second-order valence-electron chi connectivity index (χ2n) is 6.27. The topological polar surface area (TPSA) is 74.7 Å². The Hall–Kier alpha value is -0.820. The molecule has 0 aromatic heterocycles. The van der Waals surface area contributed by atoms with Gasteiger partial charge in [-0.05, 0) is 31.5 Å². The van der Waals surface area contributed by atoms with Crippen LogP contribution in [0.15, 0.2) is 12.1 Å². The molecular formula is C15H17Cl2NO4S. The summed E-state index contributed by atoms with van der Waals surface area (Å²) in [6, 6.07) is 2.79. The minimum Gasteiger partial charge on any atom is -0.506 e. The predicted molar refractivity (Wildman–Crippen MR) is 89.3 cm³/mol. The highest BCUT2D eigenvalue weighted by Gasteiger charge is 2.59. The molecule has 2 saturated heterocycles. The number of Topliss-reactive ketones (excluding diaryl/α,β-unsaturated/α-hetero) is 1. The van der Waals surface area contributed by atoms with Gasteiger partial charge in [0.25, 0.3) is 0 Å². The molecule has 0 amide bonds. The van der Waals surface area contributed by atoms with Crippen LogP contribution in [0.2, 0.25) is 10.0 Å². The molecule has 0 atom stereocenters. The van der Waals surface area contributed by atoms with Crippen LogP contribution in [0.3, 0.4) is 0 Å². The second kappa shape index (κ2) is 5.92. The molecule has 0 radical (unpaired) electrons. The highest BCUT2D eigenvalue weighted by atomic mass is 35.5. The highest BCUT2D eigenvalue weighted by Crippen LogP contribution is 2.42. The van der Waals surface area contributed by atoms with E-state index < -0.39 is 14.6 Å². The number of hydrogen-bond donors (Lipinski definition) is 1. The Morgan fingerprint density at radius 2 is 2.00 bits per heavy atom. The number of halogens is 2. The van der Waals surface area contributed by atoms with E-state index in [4.69, 9.17) is 23.2 Å². The zero-order chi connectivity index (χ0) is 16.8. The van der Waals surface area contributed by atoms with Crippen molar-refractivity contribution < 1.29 is 18.3 Å². The number of hydrogen-bond acceptors (Lipinski definition) is 5. The van der Waals surface area contributed by atoms with E-state index in [-0.39, 0.29) is 28.5 Å². The lowest BCUT2D eigenvalue weighted by Crippen LogP contribution is -2.71. The molecule has 1 spiro atoms. The molecule has 1 aromatic carbocycles. The Labute approximate surface area is 145 Å². The van der Waals surface area contributed by atoms with Gasteiger partial charge in [0.15, 0.2) is 15.6 Å². The number of carbonyl (C=O) groups is 1. The quantitative estimate of drug-likeness (QED) is 0.797. The van der Waals surface area contributed by atoms with Gasteiger partial charge in [0.1, 0.15) is 5.75 Å². The van der Waals surface area contributed by atoms with Crippen LogP contribution in [0, 0.1) is 0 Å². The van der Waals surface area contributed by atoms with Gasteiger partial charge in [0.05, 0.1) is 21.1 Å². The summed E-state index contributed by atoms with van der Waals surface area (Å²) >= 11 is 11.7. The molecule has 2 aliphatic heterocycles. The van der Waals surface area contributed by atoms with Crippen molar-refractivity contribution >= 4 is 38.8 Å². The molecule has 23 heavy (non-hydrogen) atoms. The van der Waals surface area contributed by atoms with Gasteiger partial charge < -0.3 is 10.0 Å². The van der Waals surface area contributed by atoms with Gasteiger partial charge in [-0.15, -0.1) is 0 Å². The molecule has 1 N–H and O–H groups in total. The summed E-state index contributed by atoms with van der Waals surface area (Å²) in [5, 5.41) is 10.2. The smallest absolute Gasteiger partial charge is 0.166 e. The minimum absolute atomic E-state index is 0.0562. The summed E-state index contributed by atoms with van der Waals surface area (Å²) < 4.78 is 22.9. The van der Waals surface area contributed by atoms with Crippen molar-refractivity contribution in [2.45, 2.75) is 24.0 Å². The third-order valence-electron chi connectivity index (χ3n) is 4.72. The normalized spacial score (nSPS) is 21.7. The number of phenols is 1. The number of benzene rings is 1. The molecule has 2 heterocycles. The maximum atomic E-state index is 12.2. The zero-order valence-corrected chi connectivity index (χ0v) is 14.7. The van der Waals surface area contributed by atoms with Crippen LogP contribution in [0.4, 0.5) is 0 Å². The fourth-order valence-corrected chi connectivity index (χ4v) is 5.58. The molecule has 3 rings (SSSR count). The number of phenolic OH excluding ortho intramolecular Hbond substituents is 1. The van der Waals surface area contributed by atoms with Gasteiger partial charge in [0.2, 0.25) is 0 Å². The van der Waals surface area contributed by atoms with Gasteiger partial charge in [-0.3, -0.25) is 4.79 Å². The van der Waals surface area contributed by atoms with Gasteiger partial charge in [-0.2, -0.15) is 0 Å². The molecule has 1 aromatic rings. The second-order valence-corrected chi connectivity index (χ2v) is 9.62. The Balaban J connectivity index is 1.50. The summed E-state index contributed by atoms with van der Waals surface area (Å²) in [4.78, 5) is 14.2. The van der Waals surface area contributed by atoms with Crippen molar-refractivity contribution in [2.24, 2.45) is 0 Å². The number of sulfone groups is 1. The average molecular weight is 378 g/mol. The van der Waals surface area contributed by atoms with E-state index >= 15 is 0 Å². The van der Waals surface area contributed by atoms with Crippen molar-refractivity contribution in [3.05, 3.63) is 27.7 Å². The summed E-state index contributed by atoms with van der Waals surface area (Å²) in [5.74, 6) is -0.170. The van der Waals surface area contributed by atoms with Crippen LogP contribution in [0.25, 0.3) is 0 Å². The van der Waals surface area contributed by atoms with E-state index in [0.717, 1.165) is 6.42 Å². The summed E-state index contributed by atoms with van der Waals surface area (Å²) in [6.45, 7) is 1.80. The largest absolute Gasteiger partial charge is 0.506 e. The van der Waals surface area contributed by atoms with Crippen LogP contribution in [-0.4, -0.2) is 54.3 Å². The third-order valence-corrected chi connectivity index (χ3v) is 7.75. The van der Waals surface area contributed by atoms with Gasteiger partial charge in [0, 0.05) is 24.5 Å². The molecule has 5 nitrogen and oxygen atoms in total. The van der Waals surface area contributed by atoms with Crippen LogP contribution < -0.4 is 0 Å². The summed E-state index contributed by atoms with van der Waals surface area (Å²) in [5.41, 5.74) is 0.129. The Morgan fingerprint density at radius 3 is 2.57 bits per heavy atom. The first-order valence-corrected chi connectivity index (χ1v) is 9.81. The summed E-state index contributed by atoms with van der Waals surface area (Å²) in [7, 11) is -2.89. The maximum absolute atomic E-state index is 12.2. The van der Waals surface area contributed by atoms with Crippen LogP contribution in [-0.2, 0) is 9.84 Å². The zero-order valence-electron chi connectivity index (χ0n) is 12.4. The summed E-state index contributed by atoms with van der Waals surface area (Å²) in [6.07, 6.45) is 1.60. The molecule has 0 aliphatic carbocycles. The van der Waals surface area contributed by atoms with Crippen molar-refractivity contribution in [3.8, 4) is 5.75 Å². The third kappa shape index (κ3) is 2.97. The van der Waals surface area contributed by atoms with Crippen LogP contribution >= 0.6 is 23.2 Å². The molecule has 126 valence electrons. The van der Waals surface area contributed by atoms with Gasteiger partial charge >= 0.3 is 0 Å². The van der Waals surface area contributed by atoms with Crippen LogP contribution in [0.5, 0.6) is 5.75 Å². The fraction of sp³-hybridized carbons (Fsp3) is 0.533. The van der Waals surface area contributed by atoms with Crippen molar-refractivity contribution in [1.82, 2.24) is 4.90 Å². The van der Waals surface area contributed by atoms with E-state index in [1.807, 2.05) is 0 Å². The SMILES string of the molecule is O=C(CCCN1CC2(CCS2(=O)=O)C1)c1cc(Cl)cc(Cl)c1O. The molecule has 0 bridgehead atoms. The molecule has 0 saturated carbocycles. The lowest BCUT2D eigenvalue weighted by molar-refractivity contribution is 0.0910. The molecule has 0 unspecified atom stereocenters. The first-order chi connectivity index (χ1) is 10.7. The number of aromatic hydroxyl groups is 1. The monoisotopic (exact) mass is 377 g/mol. The maximum Gasteiger partial charge on any atom is 0.166 e. The fourth-order valence-electron chi connectivity index (χ4n) is 3.22. The lowest BCUT2D eigenvalue weighted by atomic mass is 9.94. The Kier molecular flexibility index (Phi) is 4.38. The van der Waals surface area contributed by atoms with Crippen molar-refractivity contribution in [2.75, 3.05) is 25.4 Å². The molecule has 2 fully saturated rings. The van der Waals surface area contributed by atoms with Crippen molar-refractivity contribution in [3.63, 3.8) is 0 Å². The van der Waals surface area contributed by atoms with E-state index in [9.17, 15) is 18.3 Å². The van der Waals surface area contributed by atoms with E-state index in [2.05, 4.69) is 4.90 Å². The van der Waals surface area contributed by atoms with E-state index in [0.29, 0.717) is 36.8 Å². The number of rotatable bonds is 5. The van der Waals surface area contributed by atoms with Gasteiger partial charge in [-0.25, -0.2) is 8.42 Å². The standard InChI is InChI=1S/C15H17Cl2NO4S/c16-10-6-11(14(20)12(17)7-10)13(19)2-1-4-18-8-15(9-18)3-5-23(15,21)22/h6-7,20H,1-5,8-9H2. The average Bonchev–Trinajstić information content (AvgIpc) is 2.43. The van der Waals surface area contributed by atoms with E-state index in [1.54, 1.807) is 0 Å². The van der Waals surface area contributed by atoms with E-state index in [1.165, 1.54) is 12.1 Å². The molecule has 2 aliphatic rings. The number of ketones is 1. The molecular weight excluding hydrogens is 361 g/mol. The molecule has 8 heteroatoms. The highest BCUT2D eigenvalue weighted by molar-refractivity contribution is 7.94. The number of carbonyl (C=O) groups excluding carboxylic acids is 1. The number of likely N-dealkylation sites (tertiary alicyclic amines) is 1.